The van der Waals surface area contributed by atoms with Gasteiger partial charge in [-0.1, -0.05) is 22.9 Å². The maximum absolute atomic E-state index is 11.8. The molecule has 0 aromatic heterocycles. The van der Waals surface area contributed by atoms with E-state index < -0.39 is 12.0 Å². The van der Waals surface area contributed by atoms with Crippen molar-refractivity contribution in [2.45, 2.75) is 26.4 Å². The minimum atomic E-state index is -0.923. The zero-order valence-electron chi connectivity index (χ0n) is 11.4. The Labute approximate surface area is 121 Å². The number of hydrogen-bond acceptors (Lipinski definition) is 4. The Kier molecular flexibility index (Phi) is 6.31. The molecule has 0 radical (unpaired) electrons. The second-order valence-electron chi connectivity index (χ2n) is 4.10. The van der Waals surface area contributed by atoms with Crippen LogP contribution in [0.1, 0.15) is 31.9 Å². The Balaban J connectivity index is 3.02. The normalized spacial score (nSPS) is 13.7. The highest BCUT2D eigenvalue weighted by Gasteiger charge is 2.29. The molecule has 0 amide bonds. The molecule has 0 saturated heterocycles. The Morgan fingerprint density at radius 1 is 1.42 bits per heavy atom. The summed E-state index contributed by atoms with van der Waals surface area (Å²) < 4.78 is 10.9. The van der Waals surface area contributed by atoms with Crippen LogP contribution in [0.5, 0.6) is 5.75 Å². The average molecular weight is 331 g/mol. The number of rotatable bonds is 6. The molecule has 1 aromatic carbocycles. The molecular formula is C14H19BrO4. The molecule has 1 N–H and O–H groups in total. The van der Waals surface area contributed by atoms with Crippen LogP contribution in [-0.2, 0) is 9.53 Å². The van der Waals surface area contributed by atoms with Crippen LogP contribution in [0.3, 0.4) is 0 Å². The van der Waals surface area contributed by atoms with Gasteiger partial charge < -0.3 is 14.6 Å². The minimum Gasteiger partial charge on any atom is -0.497 e. The molecule has 0 aliphatic carbocycles. The number of aliphatic hydroxyl groups excluding tert-OH is 1. The first kappa shape index (κ1) is 16.0. The van der Waals surface area contributed by atoms with E-state index in [0.717, 1.165) is 4.47 Å². The number of ether oxygens (including phenoxy) is 2. The van der Waals surface area contributed by atoms with Gasteiger partial charge in [0.2, 0.25) is 0 Å². The molecule has 1 aromatic rings. The summed E-state index contributed by atoms with van der Waals surface area (Å²) in [5.41, 5.74) is 0.624. The van der Waals surface area contributed by atoms with Gasteiger partial charge in [-0.05, 0) is 37.1 Å². The Bertz CT molecular complexity index is 433. The summed E-state index contributed by atoms with van der Waals surface area (Å²) in [4.78, 5) is 11.8. The second kappa shape index (κ2) is 7.50. The van der Waals surface area contributed by atoms with Crippen LogP contribution in [0.15, 0.2) is 22.7 Å². The fourth-order valence-corrected chi connectivity index (χ4v) is 2.34. The van der Waals surface area contributed by atoms with Crippen molar-refractivity contribution >= 4 is 21.9 Å². The van der Waals surface area contributed by atoms with E-state index in [1.807, 2.05) is 6.92 Å². The van der Waals surface area contributed by atoms with Crippen molar-refractivity contribution in [1.82, 2.24) is 0 Å². The highest BCUT2D eigenvalue weighted by molar-refractivity contribution is 9.10. The van der Waals surface area contributed by atoms with E-state index >= 15 is 0 Å². The second-order valence-corrected chi connectivity index (χ2v) is 4.95. The topological polar surface area (TPSA) is 55.8 Å². The van der Waals surface area contributed by atoms with Gasteiger partial charge in [0, 0.05) is 4.47 Å². The maximum atomic E-state index is 11.8. The number of halogens is 1. The van der Waals surface area contributed by atoms with Crippen LogP contribution in [0.25, 0.3) is 0 Å². The van der Waals surface area contributed by atoms with Gasteiger partial charge in [0.1, 0.15) is 5.75 Å². The van der Waals surface area contributed by atoms with Crippen molar-refractivity contribution in [2.75, 3.05) is 13.7 Å². The number of methoxy groups -OCH3 is 1. The smallest absolute Gasteiger partial charge is 0.311 e. The standard InChI is InChI=1S/C14H19BrO4/c1-4-10(14(17)19-5-2)13(16)11-8-9(18-3)6-7-12(11)15/h6-8,10,13,16H,4-5H2,1-3H3. The third kappa shape index (κ3) is 3.94. The molecule has 2 atom stereocenters. The van der Waals surface area contributed by atoms with E-state index in [9.17, 15) is 9.90 Å². The number of benzene rings is 1. The molecule has 0 saturated carbocycles. The molecule has 106 valence electrons. The van der Waals surface area contributed by atoms with Gasteiger partial charge in [0.05, 0.1) is 25.7 Å². The van der Waals surface area contributed by atoms with E-state index in [1.165, 1.54) is 0 Å². The molecule has 19 heavy (non-hydrogen) atoms. The molecule has 0 heterocycles. The minimum absolute atomic E-state index is 0.307. The Morgan fingerprint density at radius 2 is 2.11 bits per heavy atom. The molecule has 2 unspecified atom stereocenters. The first-order chi connectivity index (χ1) is 9.04. The highest BCUT2D eigenvalue weighted by atomic mass is 79.9. The van der Waals surface area contributed by atoms with Crippen LogP contribution in [0.2, 0.25) is 0 Å². The monoisotopic (exact) mass is 330 g/mol. The summed E-state index contributed by atoms with van der Waals surface area (Å²) in [6.07, 6.45) is -0.419. The van der Waals surface area contributed by atoms with Crippen molar-refractivity contribution in [3.63, 3.8) is 0 Å². The van der Waals surface area contributed by atoms with Gasteiger partial charge in [-0.25, -0.2) is 0 Å². The maximum Gasteiger partial charge on any atom is 0.311 e. The first-order valence-electron chi connectivity index (χ1n) is 6.23. The van der Waals surface area contributed by atoms with Crippen molar-refractivity contribution in [1.29, 1.82) is 0 Å². The van der Waals surface area contributed by atoms with Crippen molar-refractivity contribution in [2.24, 2.45) is 5.92 Å². The Hall–Kier alpha value is -1.07. The van der Waals surface area contributed by atoms with Crippen LogP contribution in [0, 0.1) is 5.92 Å². The molecule has 0 aliphatic heterocycles. The lowest BCUT2D eigenvalue weighted by Gasteiger charge is -2.21. The molecule has 4 nitrogen and oxygen atoms in total. The number of hydrogen-bond donors (Lipinski definition) is 1. The predicted molar refractivity (Wildman–Crippen MR) is 76.1 cm³/mol. The molecule has 0 spiro atoms. The van der Waals surface area contributed by atoms with E-state index in [0.29, 0.717) is 24.3 Å². The van der Waals surface area contributed by atoms with Gasteiger partial charge in [-0.2, -0.15) is 0 Å². The molecule has 0 bridgehead atoms. The zero-order valence-corrected chi connectivity index (χ0v) is 12.9. The lowest BCUT2D eigenvalue weighted by atomic mass is 9.93. The number of aliphatic hydroxyl groups is 1. The van der Waals surface area contributed by atoms with Gasteiger partial charge in [0.25, 0.3) is 0 Å². The lowest BCUT2D eigenvalue weighted by Crippen LogP contribution is -2.24. The van der Waals surface area contributed by atoms with E-state index in [1.54, 1.807) is 32.2 Å². The lowest BCUT2D eigenvalue weighted by molar-refractivity contribution is -0.152. The van der Waals surface area contributed by atoms with Gasteiger partial charge in [-0.3, -0.25) is 4.79 Å². The third-order valence-corrected chi connectivity index (χ3v) is 3.65. The van der Waals surface area contributed by atoms with Crippen molar-refractivity contribution in [3.8, 4) is 5.75 Å². The van der Waals surface area contributed by atoms with Gasteiger partial charge in [-0.15, -0.1) is 0 Å². The summed E-state index contributed by atoms with van der Waals surface area (Å²) in [6, 6.07) is 5.29. The highest BCUT2D eigenvalue weighted by Crippen LogP contribution is 2.33. The predicted octanol–water partition coefficient (Wildman–Crippen LogP) is 3.08. The van der Waals surface area contributed by atoms with Gasteiger partial charge >= 0.3 is 5.97 Å². The molecule has 1 rings (SSSR count). The molecule has 0 aliphatic rings. The number of esters is 1. The van der Waals surface area contributed by atoms with Crippen LogP contribution in [0.4, 0.5) is 0 Å². The molecule has 5 heteroatoms. The van der Waals surface area contributed by atoms with Gasteiger partial charge in [0.15, 0.2) is 0 Å². The first-order valence-corrected chi connectivity index (χ1v) is 7.02. The average Bonchev–Trinajstić information content (AvgIpc) is 2.40. The quantitative estimate of drug-likeness (QED) is 0.814. The summed E-state index contributed by atoms with van der Waals surface area (Å²) in [5.74, 6) is -0.327. The van der Waals surface area contributed by atoms with Crippen molar-refractivity contribution < 1.29 is 19.4 Å². The summed E-state index contributed by atoms with van der Waals surface area (Å²) in [7, 11) is 1.56. The largest absolute Gasteiger partial charge is 0.497 e. The van der Waals surface area contributed by atoms with E-state index in [-0.39, 0.29) is 5.97 Å². The van der Waals surface area contributed by atoms with Crippen LogP contribution in [-0.4, -0.2) is 24.8 Å². The van der Waals surface area contributed by atoms with Crippen LogP contribution >= 0.6 is 15.9 Å². The summed E-state index contributed by atoms with van der Waals surface area (Å²) in [5, 5.41) is 10.4. The third-order valence-electron chi connectivity index (χ3n) is 2.93. The molecule has 0 fully saturated rings. The number of carbonyl (C=O) groups is 1. The summed E-state index contributed by atoms with van der Waals surface area (Å²) in [6.45, 7) is 3.90. The summed E-state index contributed by atoms with van der Waals surface area (Å²) >= 11 is 3.38. The fourth-order valence-electron chi connectivity index (χ4n) is 1.86. The van der Waals surface area contributed by atoms with Crippen LogP contribution < -0.4 is 4.74 Å². The fraction of sp³-hybridized carbons (Fsp3) is 0.500. The number of carbonyl (C=O) groups excluding carboxylic acids is 1. The molecular weight excluding hydrogens is 312 g/mol. The van der Waals surface area contributed by atoms with E-state index in [4.69, 9.17) is 9.47 Å². The van der Waals surface area contributed by atoms with E-state index in [2.05, 4.69) is 15.9 Å². The SMILES string of the molecule is CCOC(=O)C(CC)C(O)c1cc(OC)ccc1Br. The zero-order chi connectivity index (χ0) is 14.4. The Morgan fingerprint density at radius 3 is 2.63 bits per heavy atom. The van der Waals surface area contributed by atoms with Crippen molar-refractivity contribution in [3.05, 3.63) is 28.2 Å².